The molecule has 2 fully saturated rings. The first kappa shape index (κ1) is 17.4. The summed E-state index contributed by atoms with van der Waals surface area (Å²) >= 11 is 0. The zero-order valence-electron chi connectivity index (χ0n) is 14.4. The van der Waals surface area contributed by atoms with E-state index in [1.54, 1.807) is 25.2 Å². The van der Waals surface area contributed by atoms with E-state index in [1.165, 1.54) is 11.0 Å². The highest BCUT2D eigenvalue weighted by atomic mass is 16.6. The highest BCUT2D eigenvalue weighted by Crippen LogP contribution is 2.30. The second-order valence-corrected chi connectivity index (χ2v) is 6.97. The van der Waals surface area contributed by atoms with E-state index in [2.05, 4.69) is 0 Å². The summed E-state index contributed by atoms with van der Waals surface area (Å²) in [6, 6.07) is 6.71. The van der Waals surface area contributed by atoms with Crippen LogP contribution in [0.5, 0.6) is 0 Å². The summed E-state index contributed by atoms with van der Waals surface area (Å²) in [4.78, 5) is 39.0. The molecule has 1 heterocycles. The van der Waals surface area contributed by atoms with E-state index in [0.29, 0.717) is 12.1 Å². The Hall–Kier alpha value is -2.44. The lowest BCUT2D eigenvalue weighted by molar-refractivity contribution is -0.385. The number of carbonyl (C=O) groups excluding carboxylic acids is 2. The van der Waals surface area contributed by atoms with E-state index in [4.69, 9.17) is 0 Å². The Morgan fingerprint density at radius 3 is 2.68 bits per heavy atom. The Kier molecular flexibility index (Phi) is 5.01. The van der Waals surface area contributed by atoms with Gasteiger partial charge in [-0.05, 0) is 12.8 Å². The number of hydrogen-bond donors (Lipinski definition) is 0. The van der Waals surface area contributed by atoms with Crippen LogP contribution >= 0.6 is 0 Å². The van der Waals surface area contributed by atoms with E-state index < -0.39 is 4.92 Å². The first-order valence-corrected chi connectivity index (χ1v) is 8.74. The number of nitrogens with zero attached hydrogens (tertiary/aromatic N) is 3. The molecule has 25 heavy (non-hydrogen) atoms. The van der Waals surface area contributed by atoms with Gasteiger partial charge in [-0.15, -0.1) is 0 Å². The zero-order chi connectivity index (χ0) is 18.0. The summed E-state index contributed by atoms with van der Waals surface area (Å²) in [5, 5.41) is 11.1. The lowest BCUT2D eigenvalue weighted by Gasteiger charge is -2.25. The van der Waals surface area contributed by atoms with Gasteiger partial charge in [-0.25, -0.2) is 0 Å². The van der Waals surface area contributed by atoms with Crippen molar-refractivity contribution in [3.05, 3.63) is 39.9 Å². The number of nitro benzene ring substituents is 1. The SMILES string of the molecule is CN(Cc1ccccc1[N+](=O)[O-])C(=O)C1CC(=O)N(C2CCCC2)C1. The maximum atomic E-state index is 12.7. The predicted octanol–water partition coefficient (Wildman–Crippen LogP) is 2.34. The van der Waals surface area contributed by atoms with Gasteiger partial charge < -0.3 is 9.80 Å². The van der Waals surface area contributed by atoms with Crippen molar-refractivity contribution in [2.45, 2.75) is 44.7 Å². The van der Waals surface area contributed by atoms with E-state index in [9.17, 15) is 19.7 Å². The fraction of sp³-hybridized carbons (Fsp3) is 0.556. The highest BCUT2D eigenvalue weighted by molar-refractivity contribution is 5.89. The van der Waals surface area contributed by atoms with Crippen LogP contribution in [0.3, 0.4) is 0 Å². The van der Waals surface area contributed by atoms with Crippen molar-refractivity contribution in [3.63, 3.8) is 0 Å². The van der Waals surface area contributed by atoms with Gasteiger partial charge in [0.2, 0.25) is 11.8 Å². The minimum absolute atomic E-state index is 0.0113. The van der Waals surface area contributed by atoms with Gasteiger partial charge >= 0.3 is 0 Å². The summed E-state index contributed by atoms with van der Waals surface area (Å²) in [5.41, 5.74) is 0.512. The van der Waals surface area contributed by atoms with Crippen LogP contribution in [0, 0.1) is 16.0 Å². The lowest BCUT2D eigenvalue weighted by Crippen LogP contribution is -2.37. The van der Waals surface area contributed by atoms with Gasteiger partial charge in [0.15, 0.2) is 0 Å². The average molecular weight is 345 g/mol. The number of nitro groups is 1. The van der Waals surface area contributed by atoms with Crippen molar-refractivity contribution in [2.75, 3.05) is 13.6 Å². The van der Waals surface area contributed by atoms with Crippen LogP contribution in [-0.2, 0) is 16.1 Å². The molecule has 7 nitrogen and oxygen atoms in total. The number of hydrogen-bond acceptors (Lipinski definition) is 4. The van der Waals surface area contributed by atoms with Crippen LogP contribution in [0.15, 0.2) is 24.3 Å². The normalized spacial score (nSPS) is 20.9. The van der Waals surface area contributed by atoms with E-state index in [-0.39, 0.29) is 42.4 Å². The van der Waals surface area contributed by atoms with Crippen molar-refractivity contribution in [3.8, 4) is 0 Å². The average Bonchev–Trinajstić information content (AvgIpc) is 3.23. The monoisotopic (exact) mass is 345 g/mol. The van der Waals surface area contributed by atoms with Gasteiger partial charge in [-0.3, -0.25) is 19.7 Å². The Morgan fingerprint density at radius 2 is 2.00 bits per heavy atom. The van der Waals surface area contributed by atoms with Gasteiger partial charge in [0.05, 0.1) is 17.4 Å². The zero-order valence-corrected chi connectivity index (χ0v) is 14.4. The number of likely N-dealkylation sites (tertiary alicyclic amines) is 1. The molecule has 1 aromatic rings. The minimum Gasteiger partial charge on any atom is -0.341 e. The molecule has 0 radical (unpaired) electrons. The smallest absolute Gasteiger partial charge is 0.274 e. The van der Waals surface area contributed by atoms with Crippen molar-refractivity contribution in [1.29, 1.82) is 0 Å². The Labute approximate surface area is 146 Å². The van der Waals surface area contributed by atoms with Gasteiger partial charge in [-0.2, -0.15) is 0 Å². The van der Waals surface area contributed by atoms with Crippen LogP contribution < -0.4 is 0 Å². The third-order valence-electron chi connectivity index (χ3n) is 5.25. The van der Waals surface area contributed by atoms with Gasteiger partial charge in [0, 0.05) is 37.7 Å². The number of carbonyl (C=O) groups is 2. The molecule has 0 bridgehead atoms. The minimum atomic E-state index is -0.436. The summed E-state index contributed by atoms with van der Waals surface area (Å²) in [6.45, 7) is 0.646. The molecular weight excluding hydrogens is 322 g/mol. The Bertz CT molecular complexity index is 685. The largest absolute Gasteiger partial charge is 0.341 e. The Balaban J connectivity index is 1.65. The molecule has 2 aliphatic rings. The molecule has 1 saturated heterocycles. The predicted molar refractivity (Wildman–Crippen MR) is 91.6 cm³/mol. The second kappa shape index (κ2) is 7.21. The number of para-hydroxylation sites is 1. The number of rotatable bonds is 5. The molecule has 7 heteroatoms. The molecule has 0 aromatic heterocycles. The summed E-state index contributed by atoms with van der Waals surface area (Å²) in [6.07, 6.45) is 4.59. The maximum Gasteiger partial charge on any atom is 0.274 e. The number of benzene rings is 1. The standard InChI is InChI=1S/C18H23N3O4/c1-19(11-13-6-2-5-9-16(13)21(24)25)18(23)14-10-17(22)20(12-14)15-7-3-4-8-15/h2,5-6,9,14-15H,3-4,7-8,10-12H2,1H3. The van der Waals surface area contributed by atoms with Crippen LogP contribution in [-0.4, -0.2) is 46.2 Å². The first-order valence-electron chi connectivity index (χ1n) is 8.74. The molecule has 1 aromatic carbocycles. The molecule has 0 N–H and O–H groups in total. The summed E-state index contributed by atoms with van der Waals surface area (Å²) in [5.74, 6) is -0.405. The van der Waals surface area contributed by atoms with Crippen LogP contribution in [0.1, 0.15) is 37.7 Å². The topological polar surface area (TPSA) is 83.8 Å². The molecule has 1 unspecified atom stereocenters. The van der Waals surface area contributed by atoms with Crippen molar-refractivity contribution < 1.29 is 14.5 Å². The van der Waals surface area contributed by atoms with Crippen LogP contribution in [0.25, 0.3) is 0 Å². The van der Waals surface area contributed by atoms with Gasteiger partial charge in [0.25, 0.3) is 5.69 Å². The molecule has 134 valence electrons. The quantitative estimate of drug-likeness (QED) is 0.606. The number of amides is 2. The van der Waals surface area contributed by atoms with E-state index in [1.807, 2.05) is 4.90 Å². The third kappa shape index (κ3) is 3.65. The van der Waals surface area contributed by atoms with Crippen LogP contribution in [0.4, 0.5) is 5.69 Å². The first-order chi connectivity index (χ1) is 12.0. The van der Waals surface area contributed by atoms with E-state index >= 15 is 0 Å². The molecule has 0 spiro atoms. The Morgan fingerprint density at radius 1 is 1.32 bits per heavy atom. The summed E-state index contributed by atoms with van der Waals surface area (Å²) < 4.78 is 0. The summed E-state index contributed by atoms with van der Waals surface area (Å²) in [7, 11) is 1.64. The molecule has 1 aliphatic carbocycles. The molecule has 3 rings (SSSR count). The molecule has 2 amide bonds. The van der Waals surface area contributed by atoms with Gasteiger partial charge in [-0.1, -0.05) is 31.0 Å². The molecule has 1 aliphatic heterocycles. The molecule has 1 saturated carbocycles. The molecule has 1 atom stereocenters. The van der Waals surface area contributed by atoms with Crippen LogP contribution in [0.2, 0.25) is 0 Å². The highest BCUT2D eigenvalue weighted by Gasteiger charge is 2.39. The third-order valence-corrected chi connectivity index (χ3v) is 5.25. The lowest BCUT2D eigenvalue weighted by atomic mass is 10.1. The fourth-order valence-electron chi connectivity index (χ4n) is 3.93. The van der Waals surface area contributed by atoms with Crippen molar-refractivity contribution in [1.82, 2.24) is 9.80 Å². The fourth-order valence-corrected chi connectivity index (χ4v) is 3.93. The van der Waals surface area contributed by atoms with Gasteiger partial charge in [0.1, 0.15) is 0 Å². The molecular formula is C18H23N3O4. The second-order valence-electron chi connectivity index (χ2n) is 6.97. The van der Waals surface area contributed by atoms with E-state index in [0.717, 1.165) is 25.7 Å². The maximum absolute atomic E-state index is 12.7. The van der Waals surface area contributed by atoms with Crippen molar-refractivity contribution in [2.24, 2.45) is 5.92 Å². The van der Waals surface area contributed by atoms with Crippen molar-refractivity contribution >= 4 is 17.5 Å².